The van der Waals surface area contributed by atoms with Crippen molar-refractivity contribution in [2.45, 2.75) is 23.4 Å². The average molecular weight is 345 g/mol. The first-order valence-corrected chi connectivity index (χ1v) is 8.75. The molecule has 0 saturated carbocycles. The van der Waals surface area contributed by atoms with Crippen molar-refractivity contribution in [2.24, 2.45) is 0 Å². The molecule has 2 N–H and O–H groups in total. The molecule has 118 valence electrons. The fourth-order valence-corrected chi connectivity index (χ4v) is 4.23. The lowest BCUT2D eigenvalue weighted by molar-refractivity contribution is -0.115. The number of thiazole rings is 1. The predicted octanol–water partition coefficient (Wildman–Crippen LogP) is 3.41. The third kappa shape index (κ3) is 3.62. The highest BCUT2D eigenvalue weighted by atomic mass is 32.2. The molecule has 1 amide bonds. The lowest BCUT2D eigenvalue weighted by atomic mass is 10.3. The minimum Gasteiger partial charge on any atom is -0.327 e. The van der Waals surface area contributed by atoms with Crippen molar-refractivity contribution in [3.05, 3.63) is 52.4 Å². The molecule has 0 bridgehead atoms. The number of benzene rings is 1. The standard InChI is InChI=1S/C16H15N3O2S2/c1-9-7-11(8-17-14(9)20)18-15(21)10(2)22-16-19-12-5-3-4-6-13(12)23-16/h3-8,10H,1-2H3,(H,17,20)(H,18,21). The number of carbonyl (C=O) groups is 1. The van der Waals surface area contributed by atoms with Crippen LogP contribution in [-0.4, -0.2) is 21.1 Å². The highest BCUT2D eigenvalue weighted by Crippen LogP contribution is 2.32. The maximum absolute atomic E-state index is 12.3. The van der Waals surface area contributed by atoms with E-state index < -0.39 is 0 Å². The van der Waals surface area contributed by atoms with Gasteiger partial charge in [0.25, 0.3) is 5.56 Å². The number of carbonyl (C=O) groups excluding carboxylic acids is 1. The smallest absolute Gasteiger partial charge is 0.250 e. The number of H-pyrrole nitrogens is 1. The summed E-state index contributed by atoms with van der Waals surface area (Å²) in [6, 6.07) is 9.56. The van der Waals surface area contributed by atoms with E-state index in [9.17, 15) is 9.59 Å². The molecule has 2 heterocycles. The fourth-order valence-electron chi connectivity index (χ4n) is 2.02. The van der Waals surface area contributed by atoms with Crippen molar-refractivity contribution in [1.29, 1.82) is 0 Å². The molecule has 0 aliphatic rings. The van der Waals surface area contributed by atoms with Gasteiger partial charge in [0, 0.05) is 11.8 Å². The monoisotopic (exact) mass is 345 g/mol. The van der Waals surface area contributed by atoms with Gasteiger partial charge in [-0.15, -0.1) is 11.3 Å². The van der Waals surface area contributed by atoms with E-state index in [2.05, 4.69) is 15.3 Å². The largest absolute Gasteiger partial charge is 0.327 e. The first kappa shape index (κ1) is 15.8. The van der Waals surface area contributed by atoms with Crippen LogP contribution in [0.4, 0.5) is 5.69 Å². The SMILES string of the molecule is Cc1cc(NC(=O)C(C)Sc2nc3ccccc3s2)c[nH]c1=O. The summed E-state index contributed by atoms with van der Waals surface area (Å²) >= 11 is 3.01. The second kappa shape index (κ2) is 6.55. The van der Waals surface area contributed by atoms with Gasteiger partial charge in [-0.05, 0) is 32.0 Å². The van der Waals surface area contributed by atoms with Crippen molar-refractivity contribution in [2.75, 3.05) is 5.32 Å². The normalized spacial score (nSPS) is 12.3. The number of aryl methyl sites for hydroxylation is 1. The minimum atomic E-state index is -0.289. The first-order valence-electron chi connectivity index (χ1n) is 7.05. The molecule has 0 radical (unpaired) electrons. The van der Waals surface area contributed by atoms with Crippen LogP contribution in [0.1, 0.15) is 12.5 Å². The van der Waals surface area contributed by atoms with Crippen molar-refractivity contribution >= 4 is 44.9 Å². The molecular formula is C16H15N3O2S2. The van der Waals surface area contributed by atoms with E-state index in [0.29, 0.717) is 11.3 Å². The molecule has 1 atom stereocenters. The molecule has 5 nitrogen and oxygen atoms in total. The van der Waals surface area contributed by atoms with E-state index in [1.165, 1.54) is 18.0 Å². The van der Waals surface area contributed by atoms with Crippen LogP contribution in [0.3, 0.4) is 0 Å². The summed E-state index contributed by atoms with van der Waals surface area (Å²) in [4.78, 5) is 30.7. The second-order valence-electron chi connectivity index (χ2n) is 5.10. The molecule has 7 heteroatoms. The van der Waals surface area contributed by atoms with Crippen LogP contribution in [0.15, 0.2) is 45.7 Å². The van der Waals surface area contributed by atoms with Gasteiger partial charge in [0.15, 0.2) is 4.34 Å². The third-order valence-corrected chi connectivity index (χ3v) is 5.51. The van der Waals surface area contributed by atoms with Gasteiger partial charge < -0.3 is 10.3 Å². The number of fused-ring (bicyclic) bond motifs is 1. The number of aromatic nitrogens is 2. The third-order valence-electron chi connectivity index (χ3n) is 3.28. The second-order valence-corrected chi connectivity index (χ2v) is 7.72. The van der Waals surface area contributed by atoms with Crippen LogP contribution >= 0.6 is 23.1 Å². The number of nitrogens with zero attached hydrogens (tertiary/aromatic N) is 1. The zero-order chi connectivity index (χ0) is 16.4. The predicted molar refractivity (Wildman–Crippen MR) is 95.4 cm³/mol. The lowest BCUT2D eigenvalue weighted by Gasteiger charge is -2.10. The molecule has 23 heavy (non-hydrogen) atoms. The number of nitrogens with one attached hydrogen (secondary N) is 2. The van der Waals surface area contributed by atoms with Crippen molar-refractivity contribution in [3.8, 4) is 0 Å². The van der Waals surface area contributed by atoms with Crippen LogP contribution in [0, 0.1) is 6.92 Å². The summed E-state index contributed by atoms with van der Waals surface area (Å²) in [7, 11) is 0. The summed E-state index contributed by atoms with van der Waals surface area (Å²) < 4.78 is 1.98. The van der Waals surface area contributed by atoms with Gasteiger partial charge in [-0.1, -0.05) is 23.9 Å². The van der Waals surface area contributed by atoms with E-state index >= 15 is 0 Å². The number of hydrogen-bond acceptors (Lipinski definition) is 5. The van der Waals surface area contributed by atoms with Gasteiger partial charge in [-0.2, -0.15) is 0 Å². The zero-order valence-corrected chi connectivity index (χ0v) is 14.3. The van der Waals surface area contributed by atoms with Crippen LogP contribution in [0.2, 0.25) is 0 Å². The Morgan fingerprint density at radius 2 is 2.17 bits per heavy atom. The van der Waals surface area contributed by atoms with Crippen molar-refractivity contribution in [3.63, 3.8) is 0 Å². The molecule has 0 fully saturated rings. The Labute approximate surface area is 141 Å². The molecule has 3 rings (SSSR count). The lowest BCUT2D eigenvalue weighted by Crippen LogP contribution is -2.23. The van der Waals surface area contributed by atoms with Gasteiger partial charge in [0.2, 0.25) is 5.91 Å². The number of pyridine rings is 1. The molecule has 1 unspecified atom stereocenters. The number of anilines is 1. The highest BCUT2D eigenvalue weighted by molar-refractivity contribution is 8.02. The molecule has 1 aromatic carbocycles. The van der Waals surface area contributed by atoms with Crippen molar-refractivity contribution < 1.29 is 4.79 Å². The number of para-hydroxylation sites is 1. The zero-order valence-electron chi connectivity index (χ0n) is 12.6. The van der Waals surface area contributed by atoms with Crippen LogP contribution in [0.25, 0.3) is 10.2 Å². The summed E-state index contributed by atoms with van der Waals surface area (Å²) in [5, 5.41) is 2.52. The molecular weight excluding hydrogens is 330 g/mol. The van der Waals surface area contributed by atoms with E-state index in [-0.39, 0.29) is 16.7 Å². The van der Waals surface area contributed by atoms with Gasteiger partial charge in [-0.3, -0.25) is 9.59 Å². The number of aromatic amines is 1. The van der Waals surface area contributed by atoms with Gasteiger partial charge in [0.1, 0.15) is 0 Å². The quantitative estimate of drug-likeness (QED) is 0.711. The topological polar surface area (TPSA) is 74.8 Å². The number of rotatable bonds is 4. The minimum absolute atomic E-state index is 0.124. The van der Waals surface area contributed by atoms with E-state index in [1.807, 2.05) is 31.2 Å². The summed E-state index contributed by atoms with van der Waals surface area (Å²) in [6.45, 7) is 3.54. The first-order chi connectivity index (χ1) is 11.0. The molecule has 0 spiro atoms. The van der Waals surface area contributed by atoms with Gasteiger partial charge in [-0.25, -0.2) is 4.98 Å². The molecule has 0 aliphatic carbocycles. The summed E-state index contributed by atoms with van der Waals surface area (Å²) in [6.07, 6.45) is 1.50. The molecule has 0 saturated heterocycles. The number of amides is 1. The average Bonchev–Trinajstić information content (AvgIpc) is 2.93. The Bertz CT molecular complexity index is 884. The molecule has 0 aliphatic heterocycles. The maximum atomic E-state index is 12.3. The molecule has 3 aromatic rings. The summed E-state index contributed by atoms with van der Waals surface area (Å²) in [5.74, 6) is -0.124. The van der Waals surface area contributed by atoms with E-state index in [4.69, 9.17) is 0 Å². The summed E-state index contributed by atoms with van der Waals surface area (Å²) in [5.41, 5.74) is 1.95. The Morgan fingerprint density at radius 1 is 1.39 bits per heavy atom. The van der Waals surface area contributed by atoms with E-state index in [0.717, 1.165) is 14.6 Å². The van der Waals surface area contributed by atoms with Crippen LogP contribution in [0.5, 0.6) is 0 Å². The van der Waals surface area contributed by atoms with Crippen LogP contribution < -0.4 is 10.9 Å². The Balaban J connectivity index is 1.69. The number of thioether (sulfide) groups is 1. The highest BCUT2D eigenvalue weighted by Gasteiger charge is 2.17. The van der Waals surface area contributed by atoms with E-state index in [1.54, 1.807) is 24.3 Å². The Kier molecular flexibility index (Phi) is 4.49. The Morgan fingerprint density at radius 3 is 2.91 bits per heavy atom. The Hall–Kier alpha value is -2.12. The number of hydrogen-bond donors (Lipinski definition) is 2. The van der Waals surface area contributed by atoms with Gasteiger partial charge in [0.05, 0.1) is 21.2 Å². The van der Waals surface area contributed by atoms with Gasteiger partial charge >= 0.3 is 0 Å². The maximum Gasteiger partial charge on any atom is 0.250 e. The molecule has 2 aromatic heterocycles. The fraction of sp³-hybridized carbons (Fsp3) is 0.188. The van der Waals surface area contributed by atoms with Crippen molar-refractivity contribution in [1.82, 2.24) is 9.97 Å². The van der Waals surface area contributed by atoms with Crippen LogP contribution in [-0.2, 0) is 4.79 Å².